The molecule has 0 spiro atoms. The normalized spacial score (nSPS) is 10.7. The van der Waals surface area contributed by atoms with Crippen LogP contribution in [0.2, 0.25) is 0 Å². The Bertz CT molecular complexity index is 1200. The van der Waals surface area contributed by atoms with Crippen LogP contribution in [0.1, 0.15) is 26.3 Å². The van der Waals surface area contributed by atoms with E-state index in [0.29, 0.717) is 16.9 Å². The number of benzene rings is 2. The second-order valence-corrected chi connectivity index (χ2v) is 6.51. The van der Waals surface area contributed by atoms with Crippen molar-refractivity contribution in [1.82, 2.24) is 15.0 Å². The molecule has 0 saturated heterocycles. The number of para-hydroxylation sites is 1. The summed E-state index contributed by atoms with van der Waals surface area (Å²) in [5.41, 5.74) is 4.92. The summed E-state index contributed by atoms with van der Waals surface area (Å²) in [6, 6.07) is 21.1. The van der Waals surface area contributed by atoms with Gasteiger partial charge in [0.05, 0.1) is 23.0 Å². The van der Waals surface area contributed by atoms with Crippen LogP contribution in [-0.2, 0) is 0 Å². The zero-order valence-corrected chi connectivity index (χ0v) is 16.4. The van der Waals surface area contributed by atoms with Gasteiger partial charge in [0.1, 0.15) is 5.75 Å². The molecule has 0 aliphatic carbocycles. The van der Waals surface area contributed by atoms with Crippen molar-refractivity contribution in [3.63, 3.8) is 0 Å². The van der Waals surface area contributed by atoms with Crippen LogP contribution in [0.4, 0.5) is 0 Å². The Hall–Kier alpha value is -4.52. The molecule has 7 heteroatoms. The van der Waals surface area contributed by atoms with Gasteiger partial charge in [0, 0.05) is 24.8 Å². The van der Waals surface area contributed by atoms with Gasteiger partial charge in [0.2, 0.25) is 0 Å². The van der Waals surface area contributed by atoms with Crippen LogP contribution in [0.3, 0.4) is 0 Å². The predicted octanol–water partition coefficient (Wildman–Crippen LogP) is 3.86. The van der Waals surface area contributed by atoms with Crippen molar-refractivity contribution < 1.29 is 14.3 Å². The highest BCUT2D eigenvalue weighted by Crippen LogP contribution is 2.15. The summed E-state index contributed by atoms with van der Waals surface area (Å²) in [7, 11) is 0. The SMILES string of the molecule is O=C(Oc1ccc(/C=N/NC(=O)c2ccccc2-n2cccc2)cc1)c1cccnc1. The number of nitrogens with zero attached hydrogens (tertiary/aromatic N) is 3. The maximum Gasteiger partial charge on any atom is 0.345 e. The second kappa shape index (κ2) is 9.32. The molecule has 0 unspecified atom stereocenters. The minimum absolute atomic E-state index is 0.317. The van der Waals surface area contributed by atoms with E-state index >= 15 is 0 Å². The topological polar surface area (TPSA) is 85.6 Å². The molecule has 0 bridgehead atoms. The van der Waals surface area contributed by atoms with Gasteiger partial charge in [-0.15, -0.1) is 0 Å². The lowest BCUT2D eigenvalue weighted by atomic mass is 10.1. The minimum atomic E-state index is -0.483. The number of pyridine rings is 1. The molecule has 2 aromatic carbocycles. The number of carbonyl (C=O) groups excluding carboxylic acids is 2. The Balaban J connectivity index is 1.38. The zero-order valence-electron chi connectivity index (χ0n) is 16.4. The van der Waals surface area contributed by atoms with Gasteiger partial charge in [-0.05, 0) is 66.2 Å². The Morgan fingerprint density at radius 3 is 2.45 bits per heavy atom. The van der Waals surface area contributed by atoms with E-state index in [2.05, 4.69) is 15.5 Å². The number of nitrogens with one attached hydrogen (secondary N) is 1. The van der Waals surface area contributed by atoms with E-state index < -0.39 is 5.97 Å². The molecule has 0 atom stereocenters. The maximum absolute atomic E-state index is 12.6. The number of amides is 1. The Labute approximate surface area is 178 Å². The summed E-state index contributed by atoms with van der Waals surface area (Å²) in [5.74, 6) is -0.401. The van der Waals surface area contributed by atoms with Crippen LogP contribution in [0, 0.1) is 0 Å². The first-order valence-electron chi connectivity index (χ1n) is 9.49. The molecule has 4 aromatic rings. The van der Waals surface area contributed by atoms with E-state index in [-0.39, 0.29) is 5.91 Å². The molecule has 2 heterocycles. The van der Waals surface area contributed by atoms with Crippen LogP contribution in [0.15, 0.2) is 103 Å². The number of aromatic nitrogens is 2. The molecule has 1 N–H and O–H groups in total. The Morgan fingerprint density at radius 2 is 1.71 bits per heavy atom. The lowest BCUT2D eigenvalue weighted by Gasteiger charge is -2.09. The number of rotatable bonds is 6. The highest BCUT2D eigenvalue weighted by atomic mass is 16.5. The van der Waals surface area contributed by atoms with Crippen LogP contribution >= 0.6 is 0 Å². The predicted molar refractivity (Wildman–Crippen MR) is 116 cm³/mol. The van der Waals surface area contributed by atoms with E-state index in [1.807, 2.05) is 41.2 Å². The molecule has 1 amide bonds. The standard InChI is InChI=1S/C24H18N4O3/c29-23(21-7-1-2-8-22(21)28-14-3-4-15-28)27-26-16-18-9-11-20(12-10-18)31-24(30)19-6-5-13-25-17-19/h1-17H,(H,27,29)/b26-16+. The third kappa shape index (κ3) is 4.91. The first-order valence-corrected chi connectivity index (χ1v) is 9.49. The molecule has 4 rings (SSSR count). The quantitative estimate of drug-likeness (QED) is 0.226. The second-order valence-electron chi connectivity index (χ2n) is 6.51. The summed E-state index contributed by atoms with van der Waals surface area (Å²) >= 11 is 0. The highest BCUT2D eigenvalue weighted by molar-refractivity contribution is 5.98. The summed E-state index contributed by atoms with van der Waals surface area (Å²) < 4.78 is 7.17. The summed E-state index contributed by atoms with van der Waals surface area (Å²) in [5, 5.41) is 4.03. The van der Waals surface area contributed by atoms with Gasteiger partial charge in [-0.25, -0.2) is 10.2 Å². The first kappa shape index (κ1) is 19.8. The van der Waals surface area contributed by atoms with Gasteiger partial charge in [0.25, 0.3) is 5.91 Å². The van der Waals surface area contributed by atoms with Crippen LogP contribution < -0.4 is 10.2 Å². The summed E-state index contributed by atoms with van der Waals surface area (Å²) in [6.07, 6.45) is 8.29. The average molecular weight is 410 g/mol. The van der Waals surface area contributed by atoms with Gasteiger partial charge in [-0.2, -0.15) is 5.10 Å². The molecule has 0 aliphatic heterocycles. The lowest BCUT2D eigenvalue weighted by molar-refractivity contribution is 0.0734. The number of hydrazone groups is 1. The fourth-order valence-corrected chi connectivity index (χ4v) is 2.88. The third-order valence-corrected chi connectivity index (χ3v) is 4.40. The maximum atomic E-state index is 12.6. The van der Waals surface area contributed by atoms with Gasteiger partial charge in [-0.1, -0.05) is 12.1 Å². The zero-order chi connectivity index (χ0) is 21.5. The van der Waals surface area contributed by atoms with Gasteiger partial charge >= 0.3 is 5.97 Å². The molecule has 0 saturated carbocycles. The van der Waals surface area contributed by atoms with Crippen LogP contribution in [0.25, 0.3) is 5.69 Å². The van der Waals surface area contributed by atoms with E-state index in [9.17, 15) is 9.59 Å². The van der Waals surface area contributed by atoms with E-state index in [1.165, 1.54) is 12.4 Å². The molecular weight excluding hydrogens is 392 g/mol. The number of esters is 1. The van der Waals surface area contributed by atoms with Crippen molar-refractivity contribution in [3.8, 4) is 11.4 Å². The Kier molecular flexibility index (Phi) is 5.95. The lowest BCUT2D eigenvalue weighted by Crippen LogP contribution is -2.19. The van der Waals surface area contributed by atoms with Crippen LogP contribution in [-0.4, -0.2) is 27.6 Å². The molecule has 0 aliphatic rings. The van der Waals surface area contributed by atoms with E-state index in [4.69, 9.17) is 4.74 Å². The van der Waals surface area contributed by atoms with Gasteiger partial charge < -0.3 is 9.30 Å². The number of hydrogen-bond acceptors (Lipinski definition) is 5. The van der Waals surface area contributed by atoms with Crippen molar-refractivity contribution in [2.24, 2.45) is 5.10 Å². The van der Waals surface area contributed by atoms with Crippen molar-refractivity contribution in [2.45, 2.75) is 0 Å². The summed E-state index contributed by atoms with van der Waals surface area (Å²) in [4.78, 5) is 28.5. The minimum Gasteiger partial charge on any atom is -0.423 e. The molecule has 2 aromatic heterocycles. The monoisotopic (exact) mass is 410 g/mol. The van der Waals surface area contributed by atoms with Gasteiger partial charge in [-0.3, -0.25) is 9.78 Å². The van der Waals surface area contributed by atoms with E-state index in [1.54, 1.807) is 54.7 Å². The largest absolute Gasteiger partial charge is 0.423 e. The Morgan fingerprint density at radius 1 is 0.935 bits per heavy atom. The van der Waals surface area contributed by atoms with Crippen LogP contribution in [0.5, 0.6) is 5.75 Å². The third-order valence-electron chi connectivity index (χ3n) is 4.40. The number of ether oxygens (including phenoxy) is 1. The molecule has 152 valence electrons. The molecule has 31 heavy (non-hydrogen) atoms. The molecule has 0 radical (unpaired) electrons. The molecule has 7 nitrogen and oxygen atoms in total. The molecular formula is C24H18N4O3. The number of carbonyl (C=O) groups is 2. The number of hydrogen-bond donors (Lipinski definition) is 1. The summed E-state index contributed by atoms with van der Waals surface area (Å²) in [6.45, 7) is 0. The van der Waals surface area contributed by atoms with Crippen molar-refractivity contribution in [3.05, 3.63) is 114 Å². The smallest absolute Gasteiger partial charge is 0.345 e. The first-order chi connectivity index (χ1) is 15.2. The average Bonchev–Trinajstić information content (AvgIpc) is 3.35. The van der Waals surface area contributed by atoms with Crippen molar-refractivity contribution in [1.29, 1.82) is 0 Å². The highest BCUT2D eigenvalue weighted by Gasteiger charge is 2.11. The molecule has 0 fully saturated rings. The fourth-order valence-electron chi connectivity index (χ4n) is 2.88. The van der Waals surface area contributed by atoms with Crippen molar-refractivity contribution in [2.75, 3.05) is 0 Å². The van der Waals surface area contributed by atoms with Crippen molar-refractivity contribution >= 4 is 18.1 Å². The van der Waals surface area contributed by atoms with Gasteiger partial charge in [0.15, 0.2) is 0 Å². The fraction of sp³-hybridized carbons (Fsp3) is 0. The van der Waals surface area contributed by atoms with E-state index in [0.717, 1.165) is 11.3 Å².